The Kier molecular flexibility index (Phi) is 3.66. The summed E-state index contributed by atoms with van der Waals surface area (Å²) in [4.78, 5) is 8.82. The topological polar surface area (TPSA) is 102 Å². The molecule has 0 amide bonds. The van der Waals surface area contributed by atoms with Crippen LogP contribution in [0.2, 0.25) is 0 Å². The first kappa shape index (κ1) is 13.3. The monoisotopic (exact) mass is 262 g/mol. The highest BCUT2D eigenvalue weighted by molar-refractivity contribution is 5.47. The molecule has 0 spiro atoms. The minimum Gasteiger partial charge on any atom is -0.363 e. The summed E-state index contributed by atoms with van der Waals surface area (Å²) >= 11 is 0. The number of hydrogen-bond donors (Lipinski definition) is 3. The Balaban J connectivity index is 2.19. The second kappa shape index (κ2) is 5.23. The van der Waals surface area contributed by atoms with Crippen molar-refractivity contribution in [3.05, 3.63) is 29.9 Å². The van der Waals surface area contributed by atoms with E-state index in [1.165, 1.54) is 0 Å². The lowest BCUT2D eigenvalue weighted by Crippen LogP contribution is -2.20. The van der Waals surface area contributed by atoms with Crippen molar-refractivity contribution in [1.82, 2.24) is 15.1 Å². The van der Waals surface area contributed by atoms with Gasteiger partial charge in [0.1, 0.15) is 17.5 Å². The molecule has 0 atom stereocenters. The van der Waals surface area contributed by atoms with Crippen LogP contribution in [0, 0.1) is 0 Å². The molecule has 0 aliphatic carbocycles. The highest BCUT2D eigenvalue weighted by Crippen LogP contribution is 2.22. The van der Waals surface area contributed by atoms with Gasteiger partial charge in [-0.3, -0.25) is 0 Å². The van der Waals surface area contributed by atoms with Crippen LogP contribution in [0.4, 0.5) is 11.6 Å². The zero-order valence-corrected chi connectivity index (χ0v) is 11.3. The maximum Gasteiger partial charge on any atom is 0.155 e. The van der Waals surface area contributed by atoms with Crippen molar-refractivity contribution in [3.8, 4) is 0 Å². The fourth-order valence-corrected chi connectivity index (χ4v) is 1.46. The van der Waals surface area contributed by atoms with Gasteiger partial charge in [0, 0.05) is 17.5 Å². The second-order valence-corrected chi connectivity index (χ2v) is 5.19. The molecule has 2 aromatic heterocycles. The molecule has 0 aliphatic heterocycles. The SMILES string of the molecule is CC(C)(C)c1nc(NN)cc(NCc2ccno2)n1. The molecule has 0 unspecified atom stereocenters. The van der Waals surface area contributed by atoms with Gasteiger partial charge in [0.15, 0.2) is 5.76 Å². The first-order chi connectivity index (χ1) is 8.99. The molecule has 0 aliphatic rings. The zero-order valence-electron chi connectivity index (χ0n) is 11.3. The molecule has 19 heavy (non-hydrogen) atoms. The van der Waals surface area contributed by atoms with Gasteiger partial charge in [-0.2, -0.15) is 0 Å². The molecule has 0 aromatic carbocycles. The van der Waals surface area contributed by atoms with Crippen LogP contribution >= 0.6 is 0 Å². The van der Waals surface area contributed by atoms with E-state index in [2.05, 4.69) is 25.9 Å². The van der Waals surface area contributed by atoms with Crippen molar-refractivity contribution < 1.29 is 4.52 Å². The number of rotatable bonds is 4. The Morgan fingerprint density at radius 1 is 1.26 bits per heavy atom. The molecule has 0 fully saturated rings. The van der Waals surface area contributed by atoms with Crippen molar-refractivity contribution in [2.24, 2.45) is 5.84 Å². The molecule has 0 saturated carbocycles. The quantitative estimate of drug-likeness (QED) is 0.568. The Morgan fingerprint density at radius 2 is 2.00 bits per heavy atom. The largest absolute Gasteiger partial charge is 0.363 e. The van der Waals surface area contributed by atoms with Gasteiger partial charge in [-0.15, -0.1) is 0 Å². The maximum atomic E-state index is 5.43. The summed E-state index contributed by atoms with van der Waals surface area (Å²) < 4.78 is 5.01. The van der Waals surface area contributed by atoms with Gasteiger partial charge in [0.25, 0.3) is 0 Å². The van der Waals surface area contributed by atoms with Crippen LogP contribution in [-0.2, 0) is 12.0 Å². The number of hydrogen-bond acceptors (Lipinski definition) is 7. The summed E-state index contributed by atoms with van der Waals surface area (Å²) in [7, 11) is 0. The number of nitrogen functional groups attached to an aromatic ring is 1. The highest BCUT2D eigenvalue weighted by atomic mass is 16.5. The van der Waals surface area contributed by atoms with Crippen molar-refractivity contribution in [1.29, 1.82) is 0 Å². The van der Waals surface area contributed by atoms with E-state index in [0.717, 1.165) is 5.76 Å². The molecule has 0 saturated heterocycles. The van der Waals surface area contributed by atoms with E-state index in [-0.39, 0.29) is 5.41 Å². The summed E-state index contributed by atoms with van der Waals surface area (Å²) in [5.74, 6) is 8.12. The van der Waals surface area contributed by atoms with E-state index >= 15 is 0 Å². The van der Waals surface area contributed by atoms with E-state index < -0.39 is 0 Å². The van der Waals surface area contributed by atoms with E-state index in [4.69, 9.17) is 10.4 Å². The number of aromatic nitrogens is 3. The number of nitrogens with zero attached hydrogens (tertiary/aromatic N) is 3. The highest BCUT2D eigenvalue weighted by Gasteiger charge is 2.19. The number of anilines is 2. The summed E-state index contributed by atoms with van der Waals surface area (Å²) in [6.45, 7) is 6.64. The van der Waals surface area contributed by atoms with E-state index in [9.17, 15) is 0 Å². The smallest absolute Gasteiger partial charge is 0.155 e. The van der Waals surface area contributed by atoms with E-state index in [1.54, 1.807) is 18.3 Å². The normalized spacial score (nSPS) is 11.4. The van der Waals surface area contributed by atoms with Crippen molar-refractivity contribution in [2.75, 3.05) is 10.7 Å². The van der Waals surface area contributed by atoms with Crippen molar-refractivity contribution >= 4 is 11.6 Å². The van der Waals surface area contributed by atoms with Gasteiger partial charge in [-0.05, 0) is 0 Å². The van der Waals surface area contributed by atoms with Crippen molar-refractivity contribution in [3.63, 3.8) is 0 Å². The zero-order chi connectivity index (χ0) is 13.9. The van der Waals surface area contributed by atoms with Gasteiger partial charge < -0.3 is 15.3 Å². The van der Waals surface area contributed by atoms with Crippen LogP contribution in [-0.4, -0.2) is 15.1 Å². The Labute approximate surface area is 111 Å². The lowest BCUT2D eigenvalue weighted by Gasteiger charge is -2.18. The van der Waals surface area contributed by atoms with Gasteiger partial charge in [0.05, 0.1) is 12.7 Å². The Bertz CT molecular complexity index is 532. The fourth-order valence-electron chi connectivity index (χ4n) is 1.46. The molecule has 7 nitrogen and oxygen atoms in total. The molecular weight excluding hydrogens is 244 g/mol. The minimum atomic E-state index is -0.157. The van der Waals surface area contributed by atoms with Crippen LogP contribution in [0.3, 0.4) is 0 Å². The van der Waals surface area contributed by atoms with Crippen LogP contribution in [0.25, 0.3) is 0 Å². The minimum absolute atomic E-state index is 0.157. The van der Waals surface area contributed by atoms with E-state index in [1.807, 2.05) is 20.8 Å². The molecule has 102 valence electrons. The lowest BCUT2D eigenvalue weighted by atomic mass is 9.96. The van der Waals surface area contributed by atoms with Crippen molar-refractivity contribution in [2.45, 2.75) is 32.7 Å². The van der Waals surface area contributed by atoms with Crippen LogP contribution < -0.4 is 16.6 Å². The lowest BCUT2D eigenvalue weighted by molar-refractivity contribution is 0.388. The number of hydrazine groups is 1. The summed E-state index contributed by atoms with van der Waals surface area (Å²) in [5, 5.41) is 6.80. The molecule has 0 radical (unpaired) electrons. The van der Waals surface area contributed by atoms with Crippen LogP contribution in [0.5, 0.6) is 0 Å². The maximum absolute atomic E-state index is 5.43. The second-order valence-electron chi connectivity index (χ2n) is 5.19. The summed E-state index contributed by atoms with van der Waals surface area (Å²) in [6.07, 6.45) is 1.60. The Hall–Kier alpha value is -2.15. The van der Waals surface area contributed by atoms with E-state index in [0.29, 0.717) is 24.0 Å². The third kappa shape index (κ3) is 3.41. The standard InChI is InChI=1S/C12H18N6O/c1-12(2,3)11-16-9(6-10(17-11)18-13)14-7-8-4-5-15-19-8/h4-6H,7,13H2,1-3H3,(H2,14,16,17,18). The fraction of sp³-hybridized carbons (Fsp3) is 0.417. The molecule has 4 N–H and O–H groups in total. The molecular formula is C12H18N6O. The molecule has 0 bridgehead atoms. The van der Waals surface area contributed by atoms with Crippen LogP contribution in [0.15, 0.2) is 22.9 Å². The average Bonchev–Trinajstić information content (AvgIpc) is 2.88. The Morgan fingerprint density at radius 3 is 2.58 bits per heavy atom. The first-order valence-electron chi connectivity index (χ1n) is 5.98. The third-order valence-corrected chi connectivity index (χ3v) is 2.48. The average molecular weight is 262 g/mol. The summed E-state index contributed by atoms with van der Waals surface area (Å²) in [6, 6.07) is 3.53. The van der Waals surface area contributed by atoms with Gasteiger partial charge in [-0.25, -0.2) is 15.8 Å². The number of nitrogens with one attached hydrogen (secondary N) is 2. The summed E-state index contributed by atoms with van der Waals surface area (Å²) in [5.41, 5.74) is 2.39. The van der Waals surface area contributed by atoms with Crippen LogP contribution in [0.1, 0.15) is 32.4 Å². The third-order valence-electron chi connectivity index (χ3n) is 2.48. The van der Waals surface area contributed by atoms with Gasteiger partial charge >= 0.3 is 0 Å². The molecule has 2 heterocycles. The molecule has 2 rings (SSSR count). The number of nitrogens with two attached hydrogens (primary N) is 1. The van der Waals surface area contributed by atoms with Gasteiger partial charge in [0.2, 0.25) is 0 Å². The predicted octanol–water partition coefficient (Wildman–Crippen LogP) is 1.66. The predicted molar refractivity (Wildman–Crippen MR) is 72.4 cm³/mol. The molecule has 2 aromatic rings. The molecule has 7 heteroatoms. The van der Waals surface area contributed by atoms with Gasteiger partial charge in [-0.1, -0.05) is 25.9 Å². The first-order valence-corrected chi connectivity index (χ1v) is 5.98.